The fourth-order valence-electron chi connectivity index (χ4n) is 1.72. The summed E-state index contributed by atoms with van der Waals surface area (Å²) in [7, 11) is 0. The van der Waals surface area contributed by atoms with Gasteiger partial charge in [-0.05, 0) is 61.8 Å². The zero-order valence-corrected chi connectivity index (χ0v) is 10.9. The van der Waals surface area contributed by atoms with Crippen LogP contribution in [-0.2, 0) is 0 Å². The monoisotopic (exact) mass is 233 g/mol. The molecule has 1 aliphatic heterocycles. The van der Waals surface area contributed by atoms with Crippen LogP contribution in [0.1, 0.15) is 25.7 Å². The lowest BCUT2D eigenvalue weighted by molar-refractivity contribution is 0.511. The Labute approximate surface area is 97.2 Å². The first-order valence-corrected chi connectivity index (χ1v) is 8.25. The minimum Gasteiger partial charge on any atom is -0.316 e. The van der Waals surface area contributed by atoms with Crippen molar-refractivity contribution in [2.45, 2.75) is 25.7 Å². The number of nitrogens with one attached hydrogen (secondary N) is 1. The maximum atomic E-state index is 3.58. The lowest BCUT2D eigenvalue weighted by Crippen LogP contribution is -2.23. The van der Waals surface area contributed by atoms with Crippen LogP contribution in [0.4, 0.5) is 0 Å². The van der Waals surface area contributed by atoms with Gasteiger partial charge >= 0.3 is 0 Å². The quantitative estimate of drug-likeness (QED) is 0.648. The van der Waals surface area contributed by atoms with Gasteiger partial charge in [0.05, 0.1) is 0 Å². The predicted octanol–water partition coefficient (Wildman–Crippen LogP) is 2.86. The van der Waals surface area contributed by atoms with Crippen LogP contribution in [0.15, 0.2) is 0 Å². The summed E-state index contributed by atoms with van der Waals surface area (Å²) in [6.45, 7) is 2.49. The largest absolute Gasteiger partial charge is 0.316 e. The molecule has 0 spiro atoms. The van der Waals surface area contributed by atoms with E-state index in [4.69, 9.17) is 0 Å². The van der Waals surface area contributed by atoms with Crippen molar-refractivity contribution in [3.8, 4) is 0 Å². The highest BCUT2D eigenvalue weighted by Crippen LogP contribution is 2.22. The van der Waals surface area contributed by atoms with E-state index >= 15 is 0 Å². The number of hydrogen-bond acceptors (Lipinski definition) is 3. The molecule has 14 heavy (non-hydrogen) atoms. The van der Waals surface area contributed by atoms with Crippen molar-refractivity contribution in [1.29, 1.82) is 0 Å². The molecular weight excluding hydrogens is 210 g/mol. The summed E-state index contributed by atoms with van der Waals surface area (Å²) in [5.74, 6) is 5.07. The Morgan fingerprint density at radius 3 is 3.00 bits per heavy atom. The molecule has 1 nitrogen and oxygen atoms in total. The third kappa shape index (κ3) is 6.20. The number of hydrogen-bond donors (Lipinski definition) is 1. The van der Waals surface area contributed by atoms with Crippen LogP contribution in [0, 0.1) is 5.92 Å². The van der Waals surface area contributed by atoms with E-state index in [1.165, 1.54) is 56.0 Å². The molecule has 0 aliphatic carbocycles. The van der Waals surface area contributed by atoms with Gasteiger partial charge in [0, 0.05) is 0 Å². The average molecular weight is 233 g/mol. The van der Waals surface area contributed by atoms with Gasteiger partial charge in [0.2, 0.25) is 0 Å². The summed E-state index contributed by atoms with van der Waals surface area (Å²) in [5.41, 5.74) is 0. The molecule has 0 saturated carbocycles. The van der Waals surface area contributed by atoms with Crippen molar-refractivity contribution < 1.29 is 0 Å². The first-order chi connectivity index (χ1) is 6.93. The number of rotatable bonds is 8. The van der Waals surface area contributed by atoms with Crippen molar-refractivity contribution in [2.75, 3.05) is 36.6 Å². The normalized spacial score (nSPS) is 21.6. The molecule has 1 aliphatic rings. The molecule has 3 heteroatoms. The van der Waals surface area contributed by atoms with Gasteiger partial charge < -0.3 is 5.32 Å². The van der Waals surface area contributed by atoms with E-state index in [-0.39, 0.29) is 0 Å². The van der Waals surface area contributed by atoms with Crippen molar-refractivity contribution in [1.82, 2.24) is 5.32 Å². The van der Waals surface area contributed by atoms with Gasteiger partial charge in [0.15, 0.2) is 0 Å². The molecule has 0 amide bonds. The molecule has 1 rings (SSSR count). The fraction of sp³-hybridized carbons (Fsp3) is 1.00. The number of unbranched alkanes of at least 4 members (excludes halogenated alkanes) is 2. The Kier molecular flexibility index (Phi) is 8.12. The molecular formula is C11H23NS2. The number of thioether (sulfide) groups is 2. The SMILES string of the molecule is CSCCCCCNCC1CCSC1. The molecule has 1 unspecified atom stereocenters. The van der Waals surface area contributed by atoms with Crippen LogP contribution < -0.4 is 5.32 Å². The highest BCUT2D eigenvalue weighted by molar-refractivity contribution is 7.99. The Hall–Kier alpha value is 0.660. The predicted molar refractivity (Wildman–Crippen MR) is 70.5 cm³/mol. The second kappa shape index (κ2) is 8.93. The molecule has 1 heterocycles. The Morgan fingerprint density at radius 1 is 1.36 bits per heavy atom. The molecule has 0 aromatic rings. The average Bonchev–Trinajstić information content (AvgIpc) is 2.69. The van der Waals surface area contributed by atoms with Crippen LogP contribution in [0.3, 0.4) is 0 Å². The third-order valence-electron chi connectivity index (χ3n) is 2.66. The summed E-state index contributed by atoms with van der Waals surface area (Å²) in [6, 6.07) is 0. The smallest absolute Gasteiger partial charge is 0.00123 e. The molecule has 1 N–H and O–H groups in total. The second-order valence-electron chi connectivity index (χ2n) is 3.99. The van der Waals surface area contributed by atoms with Gasteiger partial charge in [-0.1, -0.05) is 6.42 Å². The second-order valence-corrected chi connectivity index (χ2v) is 6.12. The zero-order chi connectivity index (χ0) is 10.1. The van der Waals surface area contributed by atoms with Gasteiger partial charge in [-0.2, -0.15) is 23.5 Å². The summed E-state index contributed by atoms with van der Waals surface area (Å²) in [6.07, 6.45) is 7.77. The lowest BCUT2D eigenvalue weighted by atomic mass is 10.1. The fourth-order valence-corrected chi connectivity index (χ4v) is 3.50. The van der Waals surface area contributed by atoms with E-state index in [0.29, 0.717) is 0 Å². The van der Waals surface area contributed by atoms with E-state index < -0.39 is 0 Å². The maximum absolute atomic E-state index is 3.58. The van der Waals surface area contributed by atoms with Gasteiger partial charge in [-0.3, -0.25) is 0 Å². The molecule has 0 aromatic carbocycles. The molecule has 1 atom stereocenters. The summed E-state index contributed by atoms with van der Waals surface area (Å²) in [5, 5.41) is 3.58. The van der Waals surface area contributed by atoms with Crippen LogP contribution in [0.2, 0.25) is 0 Å². The summed E-state index contributed by atoms with van der Waals surface area (Å²) in [4.78, 5) is 0. The first kappa shape index (κ1) is 12.7. The van der Waals surface area contributed by atoms with Crippen LogP contribution in [-0.4, -0.2) is 36.6 Å². The minimum absolute atomic E-state index is 0.964. The molecule has 0 radical (unpaired) electrons. The molecule has 1 fully saturated rings. The van der Waals surface area contributed by atoms with E-state index in [0.717, 1.165) is 5.92 Å². The standard InChI is InChI=1S/C11H23NS2/c1-13-7-4-2-3-6-12-9-11-5-8-14-10-11/h11-12H,2-10H2,1H3. The van der Waals surface area contributed by atoms with Crippen LogP contribution >= 0.6 is 23.5 Å². The summed E-state index contributed by atoms with van der Waals surface area (Å²) < 4.78 is 0. The molecule has 1 saturated heterocycles. The highest BCUT2D eigenvalue weighted by Gasteiger charge is 2.13. The maximum Gasteiger partial charge on any atom is -0.00123 e. The molecule has 0 bridgehead atoms. The zero-order valence-electron chi connectivity index (χ0n) is 9.26. The lowest BCUT2D eigenvalue weighted by Gasteiger charge is -2.09. The van der Waals surface area contributed by atoms with Gasteiger partial charge in [0.25, 0.3) is 0 Å². The molecule has 84 valence electrons. The topological polar surface area (TPSA) is 12.0 Å². The Morgan fingerprint density at radius 2 is 2.29 bits per heavy atom. The minimum atomic E-state index is 0.964. The van der Waals surface area contributed by atoms with Crippen molar-refractivity contribution in [3.63, 3.8) is 0 Å². The molecule has 0 aromatic heterocycles. The van der Waals surface area contributed by atoms with Crippen LogP contribution in [0.5, 0.6) is 0 Å². The Balaban J connectivity index is 1.75. The van der Waals surface area contributed by atoms with Crippen molar-refractivity contribution in [2.24, 2.45) is 5.92 Å². The van der Waals surface area contributed by atoms with Gasteiger partial charge in [0.1, 0.15) is 0 Å². The van der Waals surface area contributed by atoms with E-state index in [1.807, 2.05) is 11.8 Å². The van der Waals surface area contributed by atoms with E-state index in [9.17, 15) is 0 Å². The third-order valence-corrected chi connectivity index (χ3v) is 4.59. The van der Waals surface area contributed by atoms with Gasteiger partial charge in [-0.25, -0.2) is 0 Å². The highest BCUT2D eigenvalue weighted by atomic mass is 32.2. The summed E-state index contributed by atoms with van der Waals surface area (Å²) >= 11 is 4.08. The van der Waals surface area contributed by atoms with Gasteiger partial charge in [-0.15, -0.1) is 0 Å². The van der Waals surface area contributed by atoms with Crippen molar-refractivity contribution in [3.05, 3.63) is 0 Å². The van der Waals surface area contributed by atoms with E-state index in [2.05, 4.69) is 23.3 Å². The Bertz CT molecular complexity index is 124. The first-order valence-electron chi connectivity index (χ1n) is 5.71. The van der Waals surface area contributed by atoms with Crippen LogP contribution in [0.25, 0.3) is 0 Å². The van der Waals surface area contributed by atoms with Crippen molar-refractivity contribution >= 4 is 23.5 Å². The van der Waals surface area contributed by atoms with E-state index in [1.54, 1.807) is 0 Å².